The van der Waals surface area contributed by atoms with Gasteiger partial charge in [-0.2, -0.15) is 0 Å². The lowest BCUT2D eigenvalue weighted by Gasteiger charge is -2.24. The van der Waals surface area contributed by atoms with E-state index in [1.54, 1.807) is 12.1 Å². The van der Waals surface area contributed by atoms with Gasteiger partial charge in [-0.25, -0.2) is 0 Å². The number of hydrogen-bond acceptors (Lipinski definition) is 5. The van der Waals surface area contributed by atoms with Gasteiger partial charge in [-0.15, -0.1) is 0 Å². The monoisotopic (exact) mass is 321 g/mol. The maximum absolute atomic E-state index is 12.2. The smallest absolute Gasteiger partial charge is 0.269 e. The van der Waals surface area contributed by atoms with E-state index in [1.807, 2.05) is 18.9 Å². The zero-order chi connectivity index (χ0) is 16.8. The number of carbonyl (C=O) groups excluding carboxylic acids is 1. The highest BCUT2D eigenvalue weighted by atomic mass is 16.6. The lowest BCUT2D eigenvalue weighted by atomic mass is 10.1. The van der Waals surface area contributed by atoms with Crippen molar-refractivity contribution in [2.45, 2.75) is 38.5 Å². The summed E-state index contributed by atoms with van der Waals surface area (Å²) in [6.45, 7) is 3.72. The fourth-order valence-electron chi connectivity index (χ4n) is 2.52. The predicted octanol–water partition coefficient (Wildman–Crippen LogP) is 1.71. The van der Waals surface area contributed by atoms with Crippen LogP contribution in [0.5, 0.6) is 0 Å². The number of nitro benzene ring substituents is 1. The minimum absolute atomic E-state index is 0.0371. The van der Waals surface area contributed by atoms with Crippen molar-refractivity contribution in [2.24, 2.45) is 0 Å². The highest BCUT2D eigenvalue weighted by molar-refractivity contribution is 5.81. The molecule has 0 radical (unpaired) electrons. The Morgan fingerprint density at radius 3 is 2.74 bits per heavy atom. The Labute approximate surface area is 135 Å². The van der Waals surface area contributed by atoms with Crippen molar-refractivity contribution in [3.05, 3.63) is 39.9 Å². The Bertz CT molecular complexity index is 541. The van der Waals surface area contributed by atoms with Crippen LogP contribution in [0.3, 0.4) is 0 Å². The van der Waals surface area contributed by atoms with E-state index in [4.69, 9.17) is 4.74 Å². The Morgan fingerprint density at radius 2 is 2.17 bits per heavy atom. The minimum atomic E-state index is -0.422. The fourth-order valence-corrected chi connectivity index (χ4v) is 2.52. The molecule has 0 unspecified atom stereocenters. The molecule has 2 rings (SSSR count). The highest BCUT2D eigenvalue weighted by Gasteiger charge is 2.21. The molecule has 1 heterocycles. The fraction of sp³-hybridized carbons (Fsp3) is 0.562. The summed E-state index contributed by atoms with van der Waals surface area (Å²) in [5.41, 5.74) is 0.996. The van der Waals surface area contributed by atoms with Gasteiger partial charge in [0, 0.05) is 31.8 Å². The van der Waals surface area contributed by atoms with Crippen molar-refractivity contribution < 1.29 is 14.5 Å². The average molecular weight is 321 g/mol. The van der Waals surface area contributed by atoms with Crippen LogP contribution in [0.15, 0.2) is 24.3 Å². The van der Waals surface area contributed by atoms with E-state index in [0.717, 1.165) is 25.0 Å². The third kappa shape index (κ3) is 5.01. The Morgan fingerprint density at radius 1 is 1.48 bits per heavy atom. The quantitative estimate of drug-likeness (QED) is 0.610. The van der Waals surface area contributed by atoms with E-state index in [0.29, 0.717) is 13.1 Å². The topological polar surface area (TPSA) is 84.7 Å². The maximum atomic E-state index is 12.2. The number of benzene rings is 1. The molecule has 1 N–H and O–H groups in total. The normalized spacial score (nSPS) is 18.8. The van der Waals surface area contributed by atoms with Crippen molar-refractivity contribution >= 4 is 11.6 Å². The van der Waals surface area contributed by atoms with Crippen molar-refractivity contribution in [3.63, 3.8) is 0 Å². The van der Waals surface area contributed by atoms with E-state index in [1.165, 1.54) is 12.1 Å². The lowest BCUT2D eigenvalue weighted by Crippen LogP contribution is -2.45. The van der Waals surface area contributed by atoms with Gasteiger partial charge >= 0.3 is 0 Å². The van der Waals surface area contributed by atoms with Crippen LogP contribution in [0.1, 0.15) is 25.3 Å². The summed E-state index contributed by atoms with van der Waals surface area (Å²) in [7, 11) is 1.86. The van der Waals surface area contributed by atoms with Crippen LogP contribution in [0.25, 0.3) is 0 Å². The first-order valence-electron chi connectivity index (χ1n) is 7.80. The summed E-state index contributed by atoms with van der Waals surface area (Å²) in [6.07, 6.45) is 2.18. The summed E-state index contributed by atoms with van der Waals surface area (Å²) >= 11 is 0. The van der Waals surface area contributed by atoms with Crippen molar-refractivity contribution in [1.29, 1.82) is 0 Å². The molecule has 1 aliphatic heterocycles. The van der Waals surface area contributed by atoms with Crippen LogP contribution >= 0.6 is 0 Å². The number of non-ortho nitro benzene ring substituents is 1. The highest BCUT2D eigenvalue weighted by Crippen LogP contribution is 2.14. The first kappa shape index (κ1) is 17.4. The van der Waals surface area contributed by atoms with Gasteiger partial charge < -0.3 is 10.1 Å². The molecule has 1 aliphatic rings. The first-order chi connectivity index (χ1) is 11.0. The molecular weight excluding hydrogens is 298 g/mol. The number of nitrogens with zero attached hydrogens (tertiary/aromatic N) is 2. The van der Waals surface area contributed by atoms with E-state index in [-0.39, 0.29) is 23.7 Å². The summed E-state index contributed by atoms with van der Waals surface area (Å²) < 4.78 is 5.49. The number of nitrogens with one attached hydrogen (secondary N) is 1. The molecule has 1 amide bonds. The van der Waals surface area contributed by atoms with Gasteiger partial charge in [0.15, 0.2) is 0 Å². The average Bonchev–Trinajstić information content (AvgIpc) is 3.05. The molecule has 1 aromatic rings. The van der Waals surface area contributed by atoms with Gasteiger partial charge in [0.1, 0.15) is 0 Å². The largest absolute Gasteiger partial charge is 0.376 e. The van der Waals surface area contributed by atoms with Crippen LogP contribution in [-0.4, -0.2) is 48.1 Å². The molecule has 0 bridgehead atoms. The Kier molecular flexibility index (Phi) is 6.06. The molecule has 0 saturated carbocycles. The number of rotatable bonds is 7. The van der Waals surface area contributed by atoms with Crippen LogP contribution in [-0.2, 0) is 16.1 Å². The second kappa shape index (κ2) is 8.03. The number of ether oxygens (including phenoxy) is 1. The zero-order valence-electron chi connectivity index (χ0n) is 13.5. The van der Waals surface area contributed by atoms with Crippen molar-refractivity contribution in [2.75, 3.05) is 20.2 Å². The molecule has 0 aromatic heterocycles. The number of hydrogen-bond donors (Lipinski definition) is 1. The molecule has 7 nitrogen and oxygen atoms in total. The maximum Gasteiger partial charge on any atom is 0.269 e. The number of likely N-dealkylation sites (N-methyl/N-ethyl adjacent to an activating group) is 1. The third-order valence-corrected chi connectivity index (χ3v) is 4.15. The van der Waals surface area contributed by atoms with Gasteiger partial charge in [0.25, 0.3) is 5.69 Å². The third-order valence-electron chi connectivity index (χ3n) is 4.15. The summed E-state index contributed by atoms with van der Waals surface area (Å²) in [4.78, 5) is 24.3. The molecule has 0 aliphatic carbocycles. The molecule has 1 aromatic carbocycles. The second-order valence-corrected chi connectivity index (χ2v) is 5.89. The van der Waals surface area contributed by atoms with Crippen LogP contribution in [0.4, 0.5) is 5.69 Å². The van der Waals surface area contributed by atoms with Gasteiger partial charge in [0.2, 0.25) is 5.91 Å². The van der Waals surface area contributed by atoms with Gasteiger partial charge in [0.05, 0.1) is 17.1 Å². The predicted molar refractivity (Wildman–Crippen MR) is 86.0 cm³/mol. The molecule has 126 valence electrons. The van der Waals surface area contributed by atoms with E-state index in [9.17, 15) is 14.9 Å². The van der Waals surface area contributed by atoms with Crippen LogP contribution in [0.2, 0.25) is 0 Å². The number of amides is 1. The van der Waals surface area contributed by atoms with Crippen LogP contribution in [0, 0.1) is 10.1 Å². The zero-order valence-corrected chi connectivity index (χ0v) is 13.5. The summed E-state index contributed by atoms with van der Waals surface area (Å²) in [5.74, 6) is -0.0371. The SMILES string of the molecule is C[C@@H](C(=O)NC[C@@H]1CCCO1)N(C)Cc1ccc([N+](=O)[O-])cc1. The second-order valence-electron chi connectivity index (χ2n) is 5.89. The van der Waals surface area contributed by atoms with Crippen LogP contribution < -0.4 is 5.32 Å². The Hall–Kier alpha value is -1.99. The molecule has 23 heavy (non-hydrogen) atoms. The molecule has 2 atom stereocenters. The summed E-state index contributed by atoms with van der Waals surface area (Å²) in [6, 6.07) is 6.10. The standard InChI is InChI=1S/C16H23N3O4/c1-12(16(20)17-10-15-4-3-9-23-15)18(2)11-13-5-7-14(8-6-13)19(21)22/h5-8,12,15H,3-4,9-11H2,1-2H3,(H,17,20)/t12-,15-/m0/s1. The number of carbonyl (C=O) groups is 1. The number of nitro groups is 1. The molecule has 7 heteroatoms. The minimum Gasteiger partial charge on any atom is -0.376 e. The van der Waals surface area contributed by atoms with Gasteiger partial charge in [-0.3, -0.25) is 19.8 Å². The Balaban J connectivity index is 1.82. The molecule has 1 fully saturated rings. The van der Waals surface area contributed by atoms with Crippen molar-refractivity contribution in [3.8, 4) is 0 Å². The van der Waals surface area contributed by atoms with Gasteiger partial charge in [-0.1, -0.05) is 12.1 Å². The first-order valence-corrected chi connectivity index (χ1v) is 7.80. The molecule has 1 saturated heterocycles. The summed E-state index contributed by atoms with van der Waals surface area (Å²) in [5, 5.41) is 13.6. The van der Waals surface area contributed by atoms with Gasteiger partial charge in [-0.05, 0) is 32.4 Å². The molecular formula is C16H23N3O4. The van der Waals surface area contributed by atoms with E-state index in [2.05, 4.69) is 5.32 Å². The lowest BCUT2D eigenvalue weighted by molar-refractivity contribution is -0.384. The van der Waals surface area contributed by atoms with Crippen molar-refractivity contribution in [1.82, 2.24) is 10.2 Å². The van der Waals surface area contributed by atoms with E-state index < -0.39 is 4.92 Å². The molecule has 0 spiro atoms. The van der Waals surface area contributed by atoms with E-state index >= 15 is 0 Å².